The number of hydrazone groups is 1. The summed E-state index contributed by atoms with van der Waals surface area (Å²) >= 11 is 3.42. The van der Waals surface area contributed by atoms with Crippen molar-refractivity contribution in [3.63, 3.8) is 0 Å². The summed E-state index contributed by atoms with van der Waals surface area (Å²) in [5, 5.41) is 3.98. The quantitative estimate of drug-likeness (QED) is 0.297. The molecule has 0 fully saturated rings. The number of amides is 1. The molecule has 1 aliphatic rings. The van der Waals surface area contributed by atoms with Gasteiger partial charge < -0.3 is 18.9 Å². The predicted molar refractivity (Wildman–Crippen MR) is 141 cm³/mol. The van der Waals surface area contributed by atoms with Crippen molar-refractivity contribution in [1.29, 1.82) is 0 Å². The molecule has 0 aliphatic carbocycles. The number of ether oxygens (including phenoxy) is 4. The molecule has 3 aromatic rings. The van der Waals surface area contributed by atoms with Crippen LogP contribution in [0.1, 0.15) is 11.1 Å². The van der Waals surface area contributed by atoms with Crippen LogP contribution in [0.2, 0.25) is 0 Å². The van der Waals surface area contributed by atoms with Crippen LogP contribution in [0, 0.1) is 6.92 Å². The Morgan fingerprint density at radius 2 is 1.73 bits per heavy atom. The SMILES string of the molecule is COc1ccc(N(CC(=O)N/N=C\c2cc3c(cc2Br)OCO3)S(=O)(=O)c2ccc(C)cc2)cc1OC. The standard InChI is InChI=1S/C25H24BrN3O7S/c1-16-4-7-19(8-5-16)37(31,32)29(18-6-9-21(33-2)22(11-18)34-3)14-25(30)28-27-13-17-10-23-24(12-20(17)26)36-15-35-23/h4-13H,14-15H2,1-3H3,(H,28,30)/b27-13-. The van der Waals surface area contributed by atoms with E-state index in [0.717, 1.165) is 9.87 Å². The minimum atomic E-state index is -4.11. The van der Waals surface area contributed by atoms with Gasteiger partial charge in [-0.05, 0) is 59.3 Å². The maximum Gasteiger partial charge on any atom is 0.264 e. The number of anilines is 1. The van der Waals surface area contributed by atoms with Gasteiger partial charge in [0.05, 0.1) is 31.0 Å². The molecule has 0 bridgehead atoms. The summed E-state index contributed by atoms with van der Waals surface area (Å²) in [5.74, 6) is 1.23. The van der Waals surface area contributed by atoms with Crippen LogP contribution in [-0.4, -0.2) is 48.1 Å². The van der Waals surface area contributed by atoms with Crippen LogP contribution < -0.4 is 28.7 Å². The molecule has 0 saturated carbocycles. The summed E-state index contributed by atoms with van der Waals surface area (Å²) in [6.45, 7) is 1.44. The van der Waals surface area contributed by atoms with Gasteiger partial charge in [0.2, 0.25) is 6.79 Å². The van der Waals surface area contributed by atoms with Crippen molar-refractivity contribution in [1.82, 2.24) is 5.43 Å². The molecule has 37 heavy (non-hydrogen) atoms. The first-order chi connectivity index (χ1) is 17.7. The first-order valence-corrected chi connectivity index (χ1v) is 13.2. The zero-order valence-corrected chi connectivity index (χ0v) is 22.6. The highest BCUT2D eigenvalue weighted by atomic mass is 79.9. The Kier molecular flexibility index (Phi) is 7.89. The third-order valence-electron chi connectivity index (χ3n) is 5.44. The molecule has 4 rings (SSSR count). The third kappa shape index (κ3) is 5.81. The molecule has 10 nitrogen and oxygen atoms in total. The Morgan fingerprint density at radius 3 is 2.41 bits per heavy atom. The molecular weight excluding hydrogens is 566 g/mol. The van der Waals surface area contributed by atoms with E-state index in [1.807, 2.05) is 6.92 Å². The number of carbonyl (C=O) groups is 1. The van der Waals surface area contributed by atoms with Gasteiger partial charge in [-0.1, -0.05) is 17.7 Å². The Balaban J connectivity index is 1.60. The molecule has 0 radical (unpaired) electrons. The third-order valence-corrected chi connectivity index (χ3v) is 7.91. The van der Waals surface area contributed by atoms with Gasteiger partial charge >= 0.3 is 0 Å². The highest BCUT2D eigenvalue weighted by molar-refractivity contribution is 9.10. The summed E-state index contributed by atoms with van der Waals surface area (Å²) < 4.78 is 50.1. The van der Waals surface area contributed by atoms with Gasteiger partial charge in [-0.15, -0.1) is 0 Å². The maximum absolute atomic E-state index is 13.6. The molecule has 1 amide bonds. The average molecular weight is 590 g/mol. The molecular formula is C25H24BrN3O7S. The van der Waals surface area contributed by atoms with Crippen LogP contribution in [-0.2, 0) is 14.8 Å². The van der Waals surface area contributed by atoms with Crippen molar-refractivity contribution in [2.45, 2.75) is 11.8 Å². The van der Waals surface area contributed by atoms with Gasteiger partial charge in [0.25, 0.3) is 15.9 Å². The van der Waals surface area contributed by atoms with Gasteiger partial charge in [-0.3, -0.25) is 9.10 Å². The lowest BCUT2D eigenvalue weighted by molar-refractivity contribution is -0.119. The minimum Gasteiger partial charge on any atom is -0.493 e. The number of aryl methyl sites for hydroxylation is 1. The van der Waals surface area contributed by atoms with Gasteiger partial charge in [0.1, 0.15) is 6.54 Å². The van der Waals surface area contributed by atoms with E-state index >= 15 is 0 Å². The van der Waals surface area contributed by atoms with E-state index < -0.39 is 22.5 Å². The van der Waals surface area contributed by atoms with Crippen molar-refractivity contribution >= 4 is 43.8 Å². The molecule has 3 aromatic carbocycles. The van der Waals surface area contributed by atoms with E-state index in [9.17, 15) is 13.2 Å². The zero-order chi connectivity index (χ0) is 26.6. The van der Waals surface area contributed by atoms with Crippen LogP contribution in [0.3, 0.4) is 0 Å². The molecule has 12 heteroatoms. The molecule has 1 aliphatic heterocycles. The van der Waals surface area contributed by atoms with Crippen LogP contribution in [0.5, 0.6) is 23.0 Å². The number of halogens is 1. The molecule has 1 heterocycles. The normalized spacial score (nSPS) is 12.4. The molecule has 0 atom stereocenters. The van der Waals surface area contributed by atoms with E-state index in [1.165, 1.54) is 44.7 Å². The molecule has 0 saturated heterocycles. The number of nitrogens with zero attached hydrogens (tertiary/aromatic N) is 2. The van der Waals surface area contributed by atoms with Gasteiger partial charge in [-0.25, -0.2) is 13.8 Å². The summed E-state index contributed by atoms with van der Waals surface area (Å²) in [4.78, 5) is 12.9. The number of benzene rings is 3. The lowest BCUT2D eigenvalue weighted by Crippen LogP contribution is -2.39. The number of methoxy groups -OCH3 is 2. The fraction of sp³-hybridized carbons (Fsp3) is 0.200. The Morgan fingerprint density at radius 1 is 1.05 bits per heavy atom. The Hall–Kier alpha value is -3.77. The summed E-state index contributed by atoms with van der Waals surface area (Å²) in [6, 6.07) is 14.4. The second-order valence-electron chi connectivity index (χ2n) is 7.88. The summed E-state index contributed by atoms with van der Waals surface area (Å²) in [7, 11) is -1.20. The predicted octanol–water partition coefficient (Wildman–Crippen LogP) is 3.85. The van der Waals surface area contributed by atoms with Gasteiger partial charge in [0.15, 0.2) is 23.0 Å². The maximum atomic E-state index is 13.6. The first kappa shape index (κ1) is 26.3. The van der Waals surface area contributed by atoms with E-state index in [-0.39, 0.29) is 17.4 Å². The van der Waals surface area contributed by atoms with Gasteiger partial charge in [-0.2, -0.15) is 5.10 Å². The molecule has 1 N–H and O–H groups in total. The molecule has 194 valence electrons. The van der Waals surface area contributed by atoms with E-state index in [0.29, 0.717) is 33.0 Å². The minimum absolute atomic E-state index is 0.0356. The summed E-state index contributed by atoms with van der Waals surface area (Å²) in [6.07, 6.45) is 1.42. The van der Waals surface area contributed by atoms with Crippen molar-refractivity contribution in [2.24, 2.45) is 5.10 Å². The molecule has 0 spiro atoms. The monoisotopic (exact) mass is 589 g/mol. The van der Waals surface area contributed by atoms with E-state index in [1.54, 1.807) is 30.3 Å². The number of fused-ring (bicyclic) bond motifs is 1. The Bertz CT molecular complexity index is 1440. The van der Waals surface area contributed by atoms with Crippen LogP contribution in [0.15, 0.2) is 69.1 Å². The van der Waals surface area contributed by atoms with Crippen molar-refractivity contribution in [3.8, 4) is 23.0 Å². The fourth-order valence-electron chi connectivity index (χ4n) is 3.50. The number of sulfonamides is 1. The zero-order valence-electron chi connectivity index (χ0n) is 20.2. The average Bonchev–Trinajstić information content (AvgIpc) is 3.34. The second-order valence-corrected chi connectivity index (χ2v) is 10.6. The molecule has 0 aromatic heterocycles. The second kappa shape index (κ2) is 11.1. The summed E-state index contributed by atoms with van der Waals surface area (Å²) in [5.41, 5.74) is 4.14. The fourth-order valence-corrected chi connectivity index (χ4v) is 5.34. The smallest absolute Gasteiger partial charge is 0.264 e. The molecule has 0 unspecified atom stereocenters. The number of rotatable bonds is 9. The lowest BCUT2D eigenvalue weighted by Gasteiger charge is -2.24. The van der Waals surface area contributed by atoms with Crippen LogP contribution in [0.4, 0.5) is 5.69 Å². The highest BCUT2D eigenvalue weighted by Gasteiger charge is 2.28. The number of hydrogen-bond acceptors (Lipinski definition) is 8. The van der Waals surface area contributed by atoms with Crippen LogP contribution >= 0.6 is 15.9 Å². The number of nitrogens with one attached hydrogen (secondary N) is 1. The number of hydrogen-bond donors (Lipinski definition) is 1. The van der Waals surface area contributed by atoms with E-state index in [4.69, 9.17) is 18.9 Å². The topological polar surface area (TPSA) is 116 Å². The van der Waals surface area contributed by atoms with Crippen molar-refractivity contribution < 1.29 is 32.2 Å². The highest BCUT2D eigenvalue weighted by Crippen LogP contribution is 2.36. The van der Waals surface area contributed by atoms with Gasteiger partial charge in [0, 0.05) is 16.1 Å². The Labute approximate surface area is 223 Å². The number of carbonyl (C=O) groups excluding carboxylic acids is 1. The van der Waals surface area contributed by atoms with Crippen LogP contribution in [0.25, 0.3) is 0 Å². The first-order valence-electron chi connectivity index (χ1n) is 11.0. The van der Waals surface area contributed by atoms with Crippen molar-refractivity contribution in [2.75, 3.05) is 31.9 Å². The van der Waals surface area contributed by atoms with E-state index in [2.05, 4.69) is 26.5 Å². The lowest BCUT2D eigenvalue weighted by atomic mass is 10.2. The van der Waals surface area contributed by atoms with Crippen molar-refractivity contribution in [3.05, 3.63) is 70.2 Å². The largest absolute Gasteiger partial charge is 0.493 e.